The Balaban J connectivity index is 2.29. The van der Waals surface area contributed by atoms with E-state index in [2.05, 4.69) is 0 Å². The van der Waals surface area contributed by atoms with Gasteiger partial charge in [-0.1, -0.05) is 0 Å². The number of ether oxygens (including phenoxy) is 1. The maximum absolute atomic E-state index is 10.7. The Bertz CT molecular complexity index is 196. The number of hydrogen-bond acceptors (Lipinski definition) is 3. The second kappa shape index (κ2) is 5.32. The monoisotopic (exact) mass is 201 g/mol. The molecule has 0 aliphatic carbocycles. The molecule has 1 aliphatic heterocycles. The second-order valence-electron chi connectivity index (χ2n) is 3.82. The SMILES string of the molecule is CCOC[C@H]1CCN([C@H](C)C(=O)O)C1. The van der Waals surface area contributed by atoms with Crippen molar-refractivity contribution in [1.82, 2.24) is 4.90 Å². The predicted molar refractivity (Wildman–Crippen MR) is 53.3 cm³/mol. The van der Waals surface area contributed by atoms with Crippen LogP contribution in [0.3, 0.4) is 0 Å². The predicted octanol–water partition coefficient (Wildman–Crippen LogP) is 0.818. The summed E-state index contributed by atoms with van der Waals surface area (Å²) in [6, 6.07) is -0.360. The first kappa shape index (κ1) is 11.5. The number of carboxylic acids is 1. The molecule has 82 valence electrons. The van der Waals surface area contributed by atoms with Crippen molar-refractivity contribution in [2.75, 3.05) is 26.3 Å². The van der Waals surface area contributed by atoms with Gasteiger partial charge in [-0.15, -0.1) is 0 Å². The van der Waals surface area contributed by atoms with Crippen LogP contribution in [0.5, 0.6) is 0 Å². The van der Waals surface area contributed by atoms with Gasteiger partial charge >= 0.3 is 5.97 Å². The Morgan fingerprint density at radius 3 is 3.00 bits per heavy atom. The highest BCUT2D eigenvalue weighted by Crippen LogP contribution is 2.18. The number of carboxylic acid groups (broad SMARTS) is 1. The molecule has 1 aliphatic rings. The summed E-state index contributed by atoms with van der Waals surface area (Å²) in [6.45, 7) is 6.96. The fraction of sp³-hybridized carbons (Fsp3) is 0.900. The van der Waals surface area contributed by atoms with Crippen molar-refractivity contribution in [3.05, 3.63) is 0 Å². The maximum Gasteiger partial charge on any atom is 0.320 e. The second-order valence-corrected chi connectivity index (χ2v) is 3.82. The highest BCUT2D eigenvalue weighted by atomic mass is 16.5. The zero-order valence-electron chi connectivity index (χ0n) is 8.90. The Morgan fingerprint density at radius 2 is 2.43 bits per heavy atom. The topological polar surface area (TPSA) is 49.8 Å². The van der Waals surface area contributed by atoms with Crippen molar-refractivity contribution in [3.63, 3.8) is 0 Å². The van der Waals surface area contributed by atoms with E-state index in [9.17, 15) is 4.79 Å². The first-order valence-corrected chi connectivity index (χ1v) is 5.19. The first-order valence-electron chi connectivity index (χ1n) is 5.19. The molecule has 0 unspecified atom stereocenters. The molecule has 0 aromatic carbocycles. The van der Waals surface area contributed by atoms with E-state index in [4.69, 9.17) is 9.84 Å². The molecule has 14 heavy (non-hydrogen) atoms. The zero-order valence-corrected chi connectivity index (χ0v) is 8.90. The standard InChI is InChI=1S/C10H19NO3/c1-3-14-7-9-4-5-11(6-9)8(2)10(12)13/h8-9H,3-7H2,1-2H3,(H,12,13)/t8-,9+/m1/s1. The van der Waals surface area contributed by atoms with Crippen LogP contribution < -0.4 is 0 Å². The molecule has 0 saturated carbocycles. The van der Waals surface area contributed by atoms with E-state index in [1.54, 1.807) is 6.92 Å². The number of aliphatic carboxylic acids is 1. The Hall–Kier alpha value is -0.610. The van der Waals surface area contributed by atoms with E-state index < -0.39 is 5.97 Å². The van der Waals surface area contributed by atoms with Crippen molar-refractivity contribution in [3.8, 4) is 0 Å². The molecule has 1 fully saturated rings. The minimum Gasteiger partial charge on any atom is -0.480 e. The number of nitrogens with zero attached hydrogens (tertiary/aromatic N) is 1. The van der Waals surface area contributed by atoms with Gasteiger partial charge in [-0.05, 0) is 32.7 Å². The molecule has 2 atom stereocenters. The van der Waals surface area contributed by atoms with Gasteiger partial charge in [-0.25, -0.2) is 0 Å². The van der Waals surface area contributed by atoms with E-state index in [1.165, 1.54) is 0 Å². The molecule has 4 heteroatoms. The van der Waals surface area contributed by atoms with Crippen molar-refractivity contribution in [2.24, 2.45) is 5.92 Å². The number of carbonyl (C=O) groups is 1. The Morgan fingerprint density at radius 1 is 1.71 bits per heavy atom. The molecular weight excluding hydrogens is 182 g/mol. The third-order valence-corrected chi connectivity index (χ3v) is 2.78. The average molecular weight is 201 g/mol. The van der Waals surface area contributed by atoms with Crippen LogP contribution in [0.4, 0.5) is 0 Å². The normalized spacial score (nSPS) is 25.1. The summed E-state index contributed by atoms with van der Waals surface area (Å²) in [6.07, 6.45) is 1.05. The highest BCUT2D eigenvalue weighted by molar-refractivity contribution is 5.72. The van der Waals surface area contributed by atoms with Crippen LogP contribution in [-0.4, -0.2) is 48.3 Å². The van der Waals surface area contributed by atoms with Crippen LogP contribution >= 0.6 is 0 Å². The quantitative estimate of drug-likeness (QED) is 0.715. The van der Waals surface area contributed by atoms with Crippen molar-refractivity contribution in [2.45, 2.75) is 26.3 Å². The van der Waals surface area contributed by atoms with Gasteiger partial charge in [0, 0.05) is 13.2 Å². The molecule has 0 radical (unpaired) electrons. The van der Waals surface area contributed by atoms with Gasteiger partial charge in [0.2, 0.25) is 0 Å². The Kier molecular flexibility index (Phi) is 4.35. The molecule has 1 rings (SSSR count). The third-order valence-electron chi connectivity index (χ3n) is 2.78. The minimum absolute atomic E-state index is 0.360. The number of rotatable bonds is 5. The molecule has 0 bridgehead atoms. The summed E-state index contributed by atoms with van der Waals surface area (Å²) in [5.74, 6) is -0.223. The van der Waals surface area contributed by atoms with Crippen LogP contribution in [-0.2, 0) is 9.53 Å². The Labute approximate surface area is 84.8 Å². The fourth-order valence-corrected chi connectivity index (χ4v) is 1.79. The smallest absolute Gasteiger partial charge is 0.320 e. The molecule has 0 spiro atoms. The van der Waals surface area contributed by atoms with E-state index in [1.807, 2.05) is 11.8 Å². The van der Waals surface area contributed by atoms with E-state index in [-0.39, 0.29) is 6.04 Å². The largest absolute Gasteiger partial charge is 0.480 e. The molecule has 0 amide bonds. The zero-order chi connectivity index (χ0) is 10.6. The summed E-state index contributed by atoms with van der Waals surface area (Å²) in [7, 11) is 0. The maximum atomic E-state index is 10.7. The van der Waals surface area contributed by atoms with Gasteiger partial charge in [0.1, 0.15) is 6.04 Å². The lowest BCUT2D eigenvalue weighted by molar-refractivity contribution is -0.142. The molecule has 4 nitrogen and oxygen atoms in total. The number of hydrogen-bond donors (Lipinski definition) is 1. The summed E-state index contributed by atoms with van der Waals surface area (Å²) >= 11 is 0. The van der Waals surface area contributed by atoms with Gasteiger partial charge in [0.05, 0.1) is 6.61 Å². The average Bonchev–Trinajstić information content (AvgIpc) is 2.61. The minimum atomic E-state index is -0.734. The molecule has 1 heterocycles. The van der Waals surface area contributed by atoms with Crippen LogP contribution in [0.25, 0.3) is 0 Å². The van der Waals surface area contributed by atoms with Crippen molar-refractivity contribution >= 4 is 5.97 Å². The van der Waals surface area contributed by atoms with Gasteiger partial charge in [0.15, 0.2) is 0 Å². The molecular formula is C10H19NO3. The number of likely N-dealkylation sites (tertiary alicyclic amines) is 1. The van der Waals surface area contributed by atoms with Crippen LogP contribution in [0.2, 0.25) is 0 Å². The lowest BCUT2D eigenvalue weighted by Gasteiger charge is -2.20. The van der Waals surface area contributed by atoms with E-state index in [0.29, 0.717) is 5.92 Å². The van der Waals surface area contributed by atoms with Crippen molar-refractivity contribution < 1.29 is 14.6 Å². The highest BCUT2D eigenvalue weighted by Gasteiger charge is 2.29. The van der Waals surface area contributed by atoms with Crippen LogP contribution in [0, 0.1) is 5.92 Å². The lowest BCUT2D eigenvalue weighted by atomic mass is 10.1. The van der Waals surface area contributed by atoms with Crippen molar-refractivity contribution in [1.29, 1.82) is 0 Å². The van der Waals surface area contributed by atoms with Gasteiger partial charge in [0.25, 0.3) is 0 Å². The third kappa shape index (κ3) is 2.96. The van der Waals surface area contributed by atoms with Gasteiger partial charge in [-0.3, -0.25) is 9.69 Å². The molecule has 1 saturated heterocycles. The summed E-state index contributed by atoms with van der Waals surface area (Å²) in [5, 5.41) is 8.83. The van der Waals surface area contributed by atoms with Gasteiger partial charge < -0.3 is 9.84 Å². The summed E-state index contributed by atoms with van der Waals surface area (Å²) < 4.78 is 5.33. The lowest BCUT2D eigenvalue weighted by Crippen LogP contribution is -2.37. The molecule has 0 aromatic heterocycles. The van der Waals surface area contributed by atoms with Crippen LogP contribution in [0.1, 0.15) is 20.3 Å². The summed E-state index contributed by atoms with van der Waals surface area (Å²) in [5.41, 5.74) is 0. The van der Waals surface area contributed by atoms with E-state index >= 15 is 0 Å². The van der Waals surface area contributed by atoms with E-state index in [0.717, 1.165) is 32.7 Å². The van der Waals surface area contributed by atoms with Crippen LogP contribution in [0.15, 0.2) is 0 Å². The molecule has 1 N–H and O–H groups in total. The fourth-order valence-electron chi connectivity index (χ4n) is 1.79. The first-order chi connectivity index (χ1) is 6.65. The summed E-state index contributed by atoms with van der Waals surface area (Å²) in [4.78, 5) is 12.7. The molecule has 0 aromatic rings. The van der Waals surface area contributed by atoms with Gasteiger partial charge in [-0.2, -0.15) is 0 Å².